The second-order valence-corrected chi connectivity index (χ2v) is 8.11. The summed E-state index contributed by atoms with van der Waals surface area (Å²) in [7, 11) is 1.58. The lowest BCUT2D eigenvalue weighted by Crippen LogP contribution is -2.19. The number of aromatic nitrogens is 1. The SMILES string of the molecule is COCCn1c(=NC(=O)c2ccc(Br)s2)sc2cccc(F)c21. The van der Waals surface area contributed by atoms with Gasteiger partial charge in [0.15, 0.2) is 4.80 Å². The van der Waals surface area contributed by atoms with E-state index in [0.29, 0.717) is 28.3 Å². The zero-order valence-electron chi connectivity index (χ0n) is 12.1. The summed E-state index contributed by atoms with van der Waals surface area (Å²) in [6.45, 7) is 0.837. The molecule has 3 aromatic rings. The standard InChI is InChI=1S/C15H12BrFN2O2S2/c1-21-8-7-19-13-9(17)3-2-4-10(13)23-15(19)18-14(20)11-5-6-12(16)22-11/h2-6H,7-8H2,1H3. The molecule has 0 unspecified atom stereocenters. The molecule has 0 spiro atoms. The van der Waals surface area contributed by atoms with Crippen molar-refractivity contribution in [2.75, 3.05) is 13.7 Å². The first-order valence-corrected chi connectivity index (χ1v) is 9.14. The Morgan fingerprint density at radius 3 is 2.87 bits per heavy atom. The van der Waals surface area contributed by atoms with E-state index >= 15 is 0 Å². The van der Waals surface area contributed by atoms with Crippen molar-refractivity contribution in [2.45, 2.75) is 6.54 Å². The quantitative estimate of drug-likeness (QED) is 0.645. The van der Waals surface area contributed by atoms with Gasteiger partial charge in [-0.1, -0.05) is 17.4 Å². The first-order valence-electron chi connectivity index (χ1n) is 6.71. The minimum atomic E-state index is -0.334. The van der Waals surface area contributed by atoms with E-state index in [2.05, 4.69) is 20.9 Å². The van der Waals surface area contributed by atoms with Gasteiger partial charge >= 0.3 is 0 Å². The van der Waals surface area contributed by atoms with Crippen molar-refractivity contribution >= 4 is 54.7 Å². The number of rotatable bonds is 4. The number of benzene rings is 1. The zero-order chi connectivity index (χ0) is 16.4. The van der Waals surface area contributed by atoms with Crippen LogP contribution in [0.3, 0.4) is 0 Å². The van der Waals surface area contributed by atoms with E-state index in [9.17, 15) is 9.18 Å². The van der Waals surface area contributed by atoms with Gasteiger partial charge in [0, 0.05) is 13.7 Å². The molecular weight excluding hydrogens is 403 g/mol. The summed E-state index contributed by atoms with van der Waals surface area (Å²) in [5, 5.41) is 0. The molecule has 0 fully saturated rings. The number of hydrogen-bond donors (Lipinski definition) is 0. The van der Waals surface area contributed by atoms with Crippen LogP contribution >= 0.6 is 38.6 Å². The molecular formula is C15H12BrFN2O2S2. The number of amides is 1. The Bertz CT molecular complexity index is 929. The highest BCUT2D eigenvalue weighted by atomic mass is 79.9. The van der Waals surface area contributed by atoms with Crippen LogP contribution in [-0.4, -0.2) is 24.2 Å². The fraction of sp³-hybridized carbons (Fsp3) is 0.200. The summed E-state index contributed by atoms with van der Waals surface area (Å²) in [4.78, 5) is 17.5. The number of thiophene rings is 1. The molecule has 1 aromatic carbocycles. The molecule has 0 bridgehead atoms. The Labute approximate surface area is 148 Å². The fourth-order valence-electron chi connectivity index (χ4n) is 2.13. The molecule has 0 saturated carbocycles. The minimum absolute atomic E-state index is 0.331. The molecule has 2 heterocycles. The highest BCUT2D eigenvalue weighted by Gasteiger charge is 2.13. The number of hydrogen-bond acceptors (Lipinski definition) is 4. The number of ether oxygens (including phenoxy) is 1. The summed E-state index contributed by atoms with van der Waals surface area (Å²) < 4.78 is 22.6. The van der Waals surface area contributed by atoms with Crippen LogP contribution in [0.5, 0.6) is 0 Å². The minimum Gasteiger partial charge on any atom is -0.383 e. The normalized spacial score (nSPS) is 12.2. The maximum Gasteiger partial charge on any atom is 0.289 e. The van der Waals surface area contributed by atoms with Gasteiger partial charge in [-0.05, 0) is 40.2 Å². The molecule has 0 N–H and O–H groups in total. The molecule has 120 valence electrons. The van der Waals surface area contributed by atoms with Crippen LogP contribution < -0.4 is 4.80 Å². The van der Waals surface area contributed by atoms with E-state index in [0.717, 1.165) is 8.49 Å². The van der Waals surface area contributed by atoms with Crippen LogP contribution in [0.15, 0.2) is 39.1 Å². The predicted molar refractivity (Wildman–Crippen MR) is 93.6 cm³/mol. The Kier molecular flexibility index (Phi) is 5.05. The van der Waals surface area contributed by atoms with Gasteiger partial charge < -0.3 is 9.30 Å². The van der Waals surface area contributed by atoms with Gasteiger partial charge in [-0.3, -0.25) is 4.79 Å². The molecule has 1 amide bonds. The number of nitrogens with zero attached hydrogens (tertiary/aromatic N) is 2. The van der Waals surface area contributed by atoms with Crippen LogP contribution in [0.2, 0.25) is 0 Å². The van der Waals surface area contributed by atoms with Crippen molar-refractivity contribution in [3.05, 3.63) is 49.6 Å². The third kappa shape index (κ3) is 3.45. The molecule has 3 rings (SSSR count). The number of halogens is 2. The zero-order valence-corrected chi connectivity index (χ0v) is 15.3. The summed E-state index contributed by atoms with van der Waals surface area (Å²) in [6, 6.07) is 8.39. The van der Waals surface area contributed by atoms with E-state index in [1.807, 2.05) is 6.07 Å². The van der Waals surface area contributed by atoms with E-state index in [1.165, 1.54) is 28.7 Å². The maximum absolute atomic E-state index is 14.2. The van der Waals surface area contributed by atoms with Gasteiger partial charge in [-0.25, -0.2) is 4.39 Å². The van der Waals surface area contributed by atoms with Gasteiger partial charge in [-0.15, -0.1) is 11.3 Å². The summed E-state index contributed by atoms with van der Waals surface area (Å²) in [5.41, 5.74) is 0.452. The fourth-order valence-corrected chi connectivity index (χ4v) is 4.47. The first kappa shape index (κ1) is 16.5. The molecule has 0 saturated heterocycles. The maximum atomic E-state index is 14.2. The van der Waals surface area contributed by atoms with Crippen LogP contribution in [0.1, 0.15) is 9.67 Å². The van der Waals surface area contributed by atoms with Gasteiger partial charge in [0.1, 0.15) is 5.82 Å². The molecule has 0 atom stereocenters. The monoisotopic (exact) mass is 414 g/mol. The molecule has 0 aliphatic carbocycles. The Morgan fingerprint density at radius 1 is 1.35 bits per heavy atom. The lowest BCUT2D eigenvalue weighted by atomic mass is 10.3. The third-order valence-corrected chi connectivity index (χ3v) is 5.81. The molecule has 23 heavy (non-hydrogen) atoms. The molecule has 0 aliphatic rings. The Balaban J connectivity index is 2.14. The summed E-state index contributed by atoms with van der Waals surface area (Å²) >= 11 is 5.94. The Hall–Kier alpha value is -1.35. The van der Waals surface area contributed by atoms with Crippen molar-refractivity contribution in [1.29, 1.82) is 0 Å². The number of carbonyl (C=O) groups is 1. The second-order valence-electron chi connectivity index (χ2n) is 4.64. The molecule has 4 nitrogen and oxygen atoms in total. The lowest BCUT2D eigenvalue weighted by Gasteiger charge is -2.04. The van der Waals surface area contributed by atoms with Crippen molar-refractivity contribution in [3.8, 4) is 0 Å². The Morgan fingerprint density at radius 2 is 2.17 bits per heavy atom. The van der Waals surface area contributed by atoms with Crippen molar-refractivity contribution < 1.29 is 13.9 Å². The van der Waals surface area contributed by atoms with Crippen LogP contribution in [0, 0.1) is 5.82 Å². The smallest absolute Gasteiger partial charge is 0.289 e. The van der Waals surface area contributed by atoms with Crippen LogP contribution in [0.4, 0.5) is 4.39 Å². The molecule has 2 aromatic heterocycles. The number of para-hydroxylation sites is 1. The van der Waals surface area contributed by atoms with E-state index < -0.39 is 0 Å². The van der Waals surface area contributed by atoms with E-state index in [4.69, 9.17) is 4.74 Å². The third-order valence-electron chi connectivity index (χ3n) is 3.15. The van der Waals surface area contributed by atoms with Gasteiger partial charge in [0.2, 0.25) is 0 Å². The number of fused-ring (bicyclic) bond motifs is 1. The van der Waals surface area contributed by atoms with E-state index in [1.54, 1.807) is 29.9 Å². The number of carbonyl (C=O) groups excluding carboxylic acids is 1. The van der Waals surface area contributed by atoms with Gasteiger partial charge in [-0.2, -0.15) is 4.99 Å². The van der Waals surface area contributed by atoms with Crippen LogP contribution in [-0.2, 0) is 11.3 Å². The van der Waals surface area contributed by atoms with Crippen molar-refractivity contribution in [3.63, 3.8) is 0 Å². The van der Waals surface area contributed by atoms with Gasteiger partial charge in [0.05, 0.1) is 25.5 Å². The van der Waals surface area contributed by atoms with E-state index in [-0.39, 0.29) is 11.7 Å². The summed E-state index contributed by atoms with van der Waals surface area (Å²) in [5.74, 6) is -0.665. The van der Waals surface area contributed by atoms with Crippen molar-refractivity contribution in [1.82, 2.24) is 4.57 Å². The summed E-state index contributed by atoms with van der Waals surface area (Å²) in [6.07, 6.45) is 0. The van der Waals surface area contributed by atoms with Crippen LogP contribution in [0.25, 0.3) is 10.2 Å². The second kappa shape index (κ2) is 7.04. The average Bonchev–Trinajstić information content (AvgIpc) is 3.10. The number of thiazole rings is 1. The van der Waals surface area contributed by atoms with Crippen molar-refractivity contribution in [2.24, 2.45) is 4.99 Å². The molecule has 0 aliphatic heterocycles. The topological polar surface area (TPSA) is 43.6 Å². The largest absolute Gasteiger partial charge is 0.383 e. The average molecular weight is 415 g/mol. The highest BCUT2D eigenvalue weighted by molar-refractivity contribution is 9.11. The van der Waals surface area contributed by atoms with Gasteiger partial charge in [0.25, 0.3) is 5.91 Å². The predicted octanol–water partition coefficient (Wildman–Crippen LogP) is 4.05. The number of methoxy groups -OCH3 is 1. The molecule has 0 radical (unpaired) electrons. The first-order chi connectivity index (χ1) is 11.1. The lowest BCUT2D eigenvalue weighted by molar-refractivity contribution is 0.100. The highest BCUT2D eigenvalue weighted by Crippen LogP contribution is 2.23. The molecule has 8 heteroatoms.